The van der Waals surface area contributed by atoms with Gasteiger partial charge in [-0.25, -0.2) is 4.90 Å². The van der Waals surface area contributed by atoms with Gasteiger partial charge in [0.2, 0.25) is 11.8 Å². The van der Waals surface area contributed by atoms with Crippen LogP contribution in [0.1, 0.15) is 11.1 Å². The number of nitro benzene ring substituents is 2. The zero-order chi connectivity index (χ0) is 28.6. The molecule has 11 heteroatoms. The van der Waals surface area contributed by atoms with E-state index in [1.807, 2.05) is 4.90 Å². The maximum atomic E-state index is 13.8. The molecular formula is C30H20N4O7. The molecule has 5 atom stereocenters. The highest BCUT2D eigenvalue weighted by molar-refractivity contribution is 6.25. The van der Waals surface area contributed by atoms with Crippen molar-refractivity contribution in [3.63, 3.8) is 0 Å². The number of nitro groups is 2. The first kappa shape index (κ1) is 24.6. The van der Waals surface area contributed by atoms with E-state index in [1.54, 1.807) is 60.7 Å². The van der Waals surface area contributed by atoms with Crippen molar-refractivity contribution in [2.75, 3.05) is 4.90 Å². The Morgan fingerprint density at radius 1 is 0.805 bits per heavy atom. The molecule has 1 saturated carbocycles. The molecule has 0 radical (unpaired) electrons. The average Bonchev–Trinajstić information content (AvgIpc) is 3.21. The number of carbonyl (C=O) groups excluding carboxylic acids is 3. The van der Waals surface area contributed by atoms with Crippen molar-refractivity contribution in [1.82, 2.24) is 4.90 Å². The zero-order valence-corrected chi connectivity index (χ0v) is 21.2. The Morgan fingerprint density at radius 2 is 1.49 bits per heavy atom. The van der Waals surface area contributed by atoms with Gasteiger partial charge in [0, 0.05) is 35.9 Å². The Kier molecular flexibility index (Phi) is 5.11. The number of hydrogen-bond donors (Lipinski definition) is 0. The number of amides is 2. The molecule has 7 rings (SSSR count). The smallest absolute Gasteiger partial charge is 0.270 e. The lowest BCUT2D eigenvalue weighted by Crippen LogP contribution is -2.38. The molecule has 0 aromatic heterocycles. The van der Waals surface area contributed by atoms with Crippen molar-refractivity contribution in [3.05, 3.63) is 122 Å². The maximum absolute atomic E-state index is 13.8. The molecule has 11 nitrogen and oxygen atoms in total. The molecular weight excluding hydrogens is 528 g/mol. The highest BCUT2D eigenvalue weighted by Gasteiger charge is 2.85. The molecule has 41 heavy (non-hydrogen) atoms. The molecule has 2 aliphatic heterocycles. The summed E-state index contributed by atoms with van der Waals surface area (Å²) in [6.07, 6.45) is 4.84. The van der Waals surface area contributed by atoms with Gasteiger partial charge < -0.3 is 4.90 Å². The zero-order valence-electron chi connectivity index (χ0n) is 21.2. The number of para-hydroxylation sites is 1. The van der Waals surface area contributed by atoms with E-state index in [9.17, 15) is 34.6 Å². The van der Waals surface area contributed by atoms with E-state index in [2.05, 4.69) is 0 Å². The van der Waals surface area contributed by atoms with Gasteiger partial charge in [0.25, 0.3) is 11.4 Å². The summed E-state index contributed by atoms with van der Waals surface area (Å²) in [4.78, 5) is 65.7. The average molecular weight is 549 g/mol. The summed E-state index contributed by atoms with van der Waals surface area (Å²) in [7, 11) is 0. The quantitative estimate of drug-likeness (QED) is 0.148. The summed E-state index contributed by atoms with van der Waals surface area (Å²) >= 11 is 0. The van der Waals surface area contributed by atoms with Crippen LogP contribution in [-0.4, -0.2) is 43.9 Å². The number of likely N-dealkylation sites (tertiary alicyclic amines) is 1. The minimum Gasteiger partial charge on any atom is -0.349 e. The number of piperidine rings is 1. The minimum absolute atomic E-state index is 0.126. The molecule has 2 saturated heterocycles. The molecule has 0 bridgehead atoms. The summed E-state index contributed by atoms with van der Waals surface area (Å²) in [6.45, 7) is 0. The second kappa shape index (κ2) is 8.52. The van der Waals surface area contributed by atoms with Crippen molar-refractivity contribution in [2.24, 2.45) is 17.8 Å². The molecule has 5 unspecified atom stereocenters. The lowest BCUT2D eigenvalue weighted by molar-refractivity contribution is -0.385. The topological polar surface area (TPSA) is 144 Å². The Balaban J connectivity index is 1.36. The van der Waals surface area contributed by atoms with Gasteiger partial charge in [-0.15, -0.1) is 0 Å². The van der Waals surface area contributed by atoms with Gasteiger partial charge in [0.05, 0.1) is 33.4 Å². The molecule has 1 spiro atoms. The van der Waals surface area contributed by atoms with Crippen molar-refractivity contribution >= 4 is 46.4 Å². The Morgan fingerprint density at radius 3 is 2.17 bits per heavy atom. The van der Waals surface area contributed by atoms with Gasteiger partial charge in [-0.2, -0.15) is 0 Å². The van der Waals surface area contributed by atoms with Crippen LogP contribution >= 0.6 is 0 Å². The van der Waals surface area contributed by atoms with E-state index in [0.717, 1.165) is 0 Å². The van der Waals surface area contributed by atoms with E-state index >= 15 is 0 Å². The fraction of sp³-hybridized carbons (Fsp3) is 0.167. The highest BCUT2D eigenvalue weighted by atomic mass is 16.6. The number of carbonyl (C=O) groups is 3. The number of ketones is 1. The third-order valence-electron chi connectivity index (χ3n) is 8.58. The first-order chi connectivity index (χ1) is 19.7. The Hall–Kier alpha value is -5.45. The van der Waals surface area contributed by atoms with E-state index in [-0.39, 0.29) is 29.0 Å². The van der Waals surface area contributed by atoms with Crippen molar-refractivity contribution < 1.29 is 24.2 Å². The third-order valence-corrected chi connectivity index (χ3v) is 8.58. The minimum atomic E-state index is -1.16. The number of rotatable bonds is 6. The van der Waals surface area contributed by atoms with Gasteiger partial charge in [0.15, 0.2) is 5.78 Å². The predicted molar refractivity (Wildman–Crippen MR) is 146 cm³/mol. The second-order valence-corrected chi connectivity index (χ2v) is 10.5. The summed E-state index contributed by atoms with van der Waals surface area (Å²) in [6, 6.07) is 19.7. The third kappa shape index (κ3) is 3.29. The molecule has 3 aromatic rings. The van der Waals surface area contributed by atoms with Crippen LogP contribution in [0.4, 0.5) is 17.1 Å². The molecule has 2 heterocycles. The van der Waals surface area contributed by atoms with Crippen LogP contribution in [0, 0.1) is 38.0 Å². The SMILES string of the molecule is O=C1C2C(C(=O)N1c1ccccc1)C1N(C(=Cc3cccc([N+](=O)[O-])c3)c3ccc([N+](=O)[O-])cc3)C13C(=O)C=CC23. The summed E-state index contributed by atoms with van der Waals surface area (Å²) in [5.74, 6) is -2.99. The normalized spacial score (nSPS) is 27.6. The monoisotopic (exact) mass is 548 g/mol. The van der Waals surface area contributed by atoms with Crippen LogP contribution in [0.15, 0.2) is 91.0 Å². The Bertz CT molecular complexity index is 1750. The van der Waals surface area contributed by atoms with Crippen LogP contribution in [0.25, 0.3) is 11.8 Å². The van der Waals surface area contributed by atoms with E-state index in [0.29, 0.717) is 22.5 Å². The fourth-order valence-corrected chi connectivity index (χ4v) is 6.95. The summed E-state index contributed by atoms with van der Waals surface area (Å²) < 4.78 is 0. The van der Waals surface area contributed by atoms with E-state index in [4.69, 9.17) is 0 Å². The lowest BCUT2D eigenvalue weighted by atomic mass is 9.86. The van der Waals surface area contributed by atoms with E-state index < -0.39 is 39.2 Å². The van der Waals surface area contributed by atoms with Gasteiger partial charge in [-0.05, 0) is 47.5 Å². The van der Waals surface area contributed by atoms with Gasteiger partial charge in [0.1, 0.15) is 5.54 Å². The number of nitrogens with zero attached hydrogens (tertiary/aromatic N) is 4. The van der Waals surface area contributed by atoms with Crippen LogP contribution in [0.5, 0.6) is 0 Å². The highest BCUT2D eigenvalue weighted by Crippen LogP contribution is 2.69. The second-order valence-electron chi connectivity index (χ2n) is 10.5. The van der Waals surface area contributed by atoms with Gasteiger partial charge in [-0.1, -0.05) is 36.4 Å². The van der Waals surface area contributed by atoms with Crippen molar-refractivity contribution in [1.29, 1.82) is 0 Å². The van der Waals surface area contributed by atoms with Crippen LogP contribution < -0.4 is 4.90 Å². The number of benzene rings is 3. The van der Waals surface area contributed by atoms with Crippen LogP contribution in [-0.2, 0) is 14.4 Å². The molecule has 3 aromatic carbocycles. The predicted octanol–water partition coefficient (Wildman–Crippen LogP) is 4.00. The van der Waals surface area contributed by atoms with Crippen molar-refractivity contribution in [3.8, 4) is 0 Å². The molecule has 2 aliphatic carbocycles. The standard InChI is InChI=1S/C30H20N4O7/c35-24-14-13-22-25-26(29(37)31(28(25)36)19-6-2-1-3-7-19)27-30(22,24)32(27)23(18-9-11-20(12-10-18)33(38)39)16-17-5-4-8-21(15-17)34(40)41/h1-16,22,25-27H. The summed E-state index contributed by atoms with van der Waals surface area (Å²) in [5, 5.41) is 22.7. The molecule has 3 fully saturated rings. The largest absolute Gasteiger partial charge is 0.349 e. The number of hydrogen-bond acceptors (Lipinski definition) is 8. The first-order valence-electron chi connectivity index (χ1n) is 12.9. The number of non-ortho nitro benzene ring substituents is 2. The molecule has 2 amide bonds. The van der Waals surface area contributed by atoms with Gasteiger partial charge in [-0.3, -0.25) is 34.6 Å². The van der Waals surface area contributed by atoms with Gasteiger partial charge >= 0.3 is 0 Å². The number of imide groups is 1. The Labute approximate surface area is 232 Å². The number of anilines is 1. The van der Waals surface area contributed by atoms with E-state index in [1.165, 1.54) is 41.3 Å². The molecule has 202 valence electrons. The summed E-state index contributed by atoms with van der Waals surface area (Å²) in [5.41, 5.74) is 0.530. The first-order valence-corrected chi connectivity index (χ1v) is 12.9. The fourth-order valence-electron chi connectivity index (χ4n) is 6.95. The van der Waals surface area contributed by atoms with Crippen LogP contribution in [0.3, 0.4) is 0 Å². The number of fused-ring (bicyclic) bond motifs is 3. The lowest BCUT2D eigenvalue weighted by Gasteiger charge is -2.26. The molecule has 4 aliphatic rings. The van der Waals surface area contributed by atoms with Crippen LogP contribution in [0.2, 0.25) is 0 Å². The maximum Gasteiger partial charge on any atom is 0.270 e. The van der Waals surface area contributed by atoms with Crippen molar-refractivity contribution in [2.45, 2.75) is 11.6 Å². The molecule has 0 N–H and O–H groups in total.